The topological polar surface area (TPSA) is 63.2 Å². The van der Waals surface area contributed by atoms with Crippen molar-refractivity contribution in [2.24, 2.45) is 5.10 Å². The summed E-state index contributed by atoms with van der Waals surface area (Å²) in [6, 6.07) is 11.1. The number of rotatable bonds is 2. The van der Waals surface area contributed by atoms with Gasteiger partial charge in [0, 0.05) is 13.0 Å². The second-order valence-corrected chi connectivity index (χ2v) is 4.16. The van der Waals surface area contributed by atoms with Gasteiger partial charge in [0.25, 0.3) is 0 Å². The Bertz CT molecular complexity index is 571. The van der Waals surface area contributed by atoms with Gasteiger partial charge in [0.15, 0.2) is 0 Å². The predicted octanol–water partition coefficient (Wildman–Crippen LogP) is 2.88. The Balaban J connectivity index is 2.19. The minimum Gasteiger partial charge on any atom is -0.264 e. The van der Waals surface area contributed by atoms with Gasteiger partial charge in [-0.25, -0.2) is 0 Å². The monoisotopic (exact) mass is 256 g/mol. The van der Waals surface area contributed by atoms with E-state index >= 15 is 0 Å². The number of halogens is 1. The molecule has 0 aliphatic carbocycles. The highest BCUT2D eigenvalue weighted by Crippen LogP contribution is 2.21. The minimum absolute atomic E-state index is 0.0880. The van der Waals surface area contributed by atoms with Crippen LogP contribution in [-0.2, 0) is 0 Å². The molecule has 1 aromatic rings. The van der Waals surface area contributed by atoms with E-state index in [9.17, 15) is 0 Å². The van der Waals surface area contributed by atoms with E-state index in [2.05, 4.69) is 5.10 Å². The van der Waals surface area contributed by atoms with Crippen molar-refractivity contribution in [3.63, 3.8) is 0 Å². The molecular formula is C13H9ClN4. The standard InChI is InChI=1S/C13H9ClN4/c14-13-5-6-18(17-13)12-3-1-10(2-4-12)7-11(8-15)9-16/h1-4,7H,5-6H2. The van der Waals surface area contributed by atoms with Crippen molar-refractivity contribution >= 4 is 28.5 Å². The van der Waals surface area contributed by atoms with Crippen molar-refractivity contribution in [3.8, 4) is 12.1 Å². The first-order valence-electron chi connectivity index (χ1n) is 5.35. The molecule has 1 aromatic carbocycles. The van der Waals surface area contributed by atoms with Gasteiger partial charge in [-0.1, -0.05) is 23.7 Å². The van der Waals surface area contributed by atoms with Crippen molar-refractivity contribution in [1.82, 2.24) is 0 Å². The third kappa shape index (κ3) is 2.68. The number of nitriles is 2. The molecule has 1 aliphatic rings. The molecule has 1 heterocycles. The normalized spacial score (nSPS) is 13.5. The maximum absolute atomic E-state index is 8.66. The van der Waals surface area contributed by atoms with Crippen molar-refractivity contribution < 1.29 is 0 Å². The number of hydrazone groups is 1. The molecule has 0 saturated heterocycles. The molecule has 0 amide bonds. The fourth-order valence-corrected chi connectivity index (χ4v) is 1.79. The number of allylic oxidation sites excluding steroid dienone is 1. The lowest BCUT2D eigenvalue weighted by Gasteiger charge is -2.13. The molecule has 0 unspecified atom stereocenters. The van der Waals surface area contributed by atoms with Crippen LogP contribution in [0.2, 0.25) is 0 Å². The van der Waals surface area contributed by atoms with Crippen molar-refractivity contribution in [3.05, 3.63) is 35.4 Å². The molecule has 0 atom stereocenters. The van der Waals surface area contributed by atoms with E-state index in [0.29, 0.717) is 5.17 Å². The summed E-state index contributed by atoms with van der Waals surface area (Å²) in [6.45, 7) is 0.773. The summed E-state index contributed by atoms with van der Waals surface area (Å²) in [5.74, 6) is 0. The summed E-state index contributed by atoms with van der Waals surface area (Å²) in [6.07, 6.45) is 2.31. The Morgan fingerprint density at radius 2 is 1.94 bits per heavy atom. The molecular weight excluding hydrogens is 248 g/mol. The van der Waals surface area contributed by atoms with Crippen LogP contribution in [0.1, 0.15) is 12.0 Å². The lowest BCUT2D eigenvalue weighted by Crippen LogP contribution is -2.11. The van der Waals surface area contributed by atoms with Crippen LogP contribution in [0.5, 0.6) is 0 Å². The third-order valence-corrected chi connectivity index (χ3v) is 2.77. The van der Waals surface area contributed by atoms with Gasteiger partial charge in [0.1, 0.15) is 22.9 Å². The molecule has 0 aromatic heterocycles. The van der Waals surface area contributed by atoms with E-state index in [0.717, 1.165) is 24.2 Å². The second kappa shape index (κ2) is 5.35. The van der Waals surface area contributed by atoms with Crippen molar-refractivity contribution in [1.29, 1.82) is 10.5 Å². The predicted molar refractivity (Wildman–Crippen MR) is 70.9 cm³/mol. The van der Waals surface area contributed by atoms with E-state index in [1.54, 1.807) is 6.08 Å². The first-order chi connectivity index (χ1) is 8.72. The zero-order chi connectivity index (χ0) is 13.0. The largest absolute Gasteiger partial charge is 0.264 e. The van der Waals surface area contributed by atoms with Gasteiger partial charge in [-0.3, -0.25) is 5.01 Å². The molecule has 0 N–H and O–H groups in total. The molecule has 18 heavy (non-hydrogen) atoms. The van der Waals surface area contributed by atoms with Crippen molar-refractivity contribution in [2.45, 2.75) is 6.42 Å². The summed E-state index contributed by atoms with van der Waals surface area (Å²) in [4.78, 5) is 0. The van der Waals surface area contributed by atoms with E-state index in [1.807, 2.05) is 41.4 Å². The van der Waals surface area contributed by atoms with Crippen LogP contribution in [0.25, 0.3) is 6.08 Å². The average Bonchev–Trinajstić information content (AvgIpc) is 2.83. The van der Waals surface area contributed by atoms with Gasteiger partial charge in [0.2, 0.25) is 0 Å². The van der Waals surface area contributed by atoms with E-state index in [1.165, 1.54) is 0 Å². The second-order valence-electron chi connectivity index (χ2n) is 3.72. The lowest BCUT2D eigenvalue weighted by molar-refractivity contribution is 0.922. The Labute approximate surface area is 110 Å². The Morgan fingerprint density at radius 1 is 1.28 bits per heavy atom. The van der Waals surface area contributed by atoms with Crippen LogP contribution < -0.4 is 5.01 Å². The quantitative estimate of drug-likeness (QED) is 0.765. The van der Waals surface area contributed by atoms with Crippen LogP contribution in [0.4, 0.5) is 5.69 Å². The number of benzene rings is 1. The lowest BCUT2D eigenvalue weighted by atomic mass is 10.1. The Hall–Kier alpha value is -2.30. The summed E-state index contributed by atoms with van der Waals surface area (Å²) < 4.78 is 0. The highest BCUT2D eigenvalue weighted by molar-refractivity contribution is 6.65. The maximum Gasteiger partial charge on any atom is 0.130 e. The molecule has 0 spiro atoms. The molecule has 2 rings (SSSR count). The molecule has 0 fully saturated rings. The van der Waals surface area contributed by atoms with Crippen LogP contribution in [0.3, 0.4) is 0 Å². The van der Waals surface area contributed by atoms with Gasteiger partial charge in [-0.15, -0.1) is 0 Å². The molecule has 4 nitrogen and oxygen atoms in total. The number of hydrogen-bond donors (Lipinski definition) is 0. The molecule has 1 aliphatic heterocycles. The summed E-state index contributed by atoms with van der Waals surface area (Å²) in [5.41, 5.74) is 1.84. The minimum atomic E-state index is 0.0880. The molecule has 0 bridgehead atoms. The average molecular weight is 257 g/mol. The zero-order valence-corrected chi connectivity index (χ0v) is 10.2. The highest BCUT2D eigenvalue weighted by Gasteiger charge is 2.13. The third-order valence-electron chi connectivity index (χ3n) is 2.50. The van der Waals surface area contributed by atoms with Crippen molar-refractivity contribution in [2.75, 3.05) is 11.6 Å². The number of anilines is 1. The molecule has 0 radical (unpaired) electrons. The fraction of sp³-hybridized carbons (Fsp3) is 0.154. The molecule has 88 valence electrons. The van der Waals surface area contributed by atoms with Gasteiger partial charge in [-0.2, -0.15) is 15.6 Å². The summed E-state index contributed by atoms with van der Waals surface area (Å²) >= 11 is 5.82. The highest BCUT2D eigenvalue weighted by atomic mass is 35.5. The van der Waals surface area contributed by atoms with Gasteiger partial charge < -0.3 is 0 Å². The fourth-order valence-electron chi connectivity index (χ4n) is 1.61. The molecule has 0 saturated carbocycles. The van der Waals surface area contributed by atoms with E-state index < -0.39 is 0 Å². The van der Waals surface area contributed by atoms with Crippen LogP contribution in [-0.4, -0.2) is 11.7 Å². The summed E-state index contributed by atoms with van der Waals surface area (Å²) in [5, 5.41) is 23.9. The van der Waals surface area contributed by atoms with E-state index in [-0.39, 0.29) is 5.57 Å². The van der Waals surface area contributed by atoms with Crippen LogP contribution in [0, 0.1) is 22.7 Å². The van der Waals surface area contributed by atoms with Gasteiger partial charge in [0.05, 0.1) is 5.69 Å². The number of nitrogens with zero attached hydrogens (tertiary/aromatic N) is 4. The summed E-state index contributed by atoms with van der Waals surface area (Å²) in [7, 11) is 0. The first-order valence-corrected chi connectivity index (χ1v) is 5.73. The van der Waals surface area contributed by atoms with Crippen LogP contribution in [0.15, 0.2) is 34.9 Å². The smallest absolute Gasteiger partial charge is 0.130 e. The Morgan fingerprint density at radius 3 is 2.44 bits per heavy atom. The Kier molecular flexibility index (Phi) is 3.62. The number of hydrogen-bond acceptors (Lipinski definition) is 4. The maximum atomic E-state index is 8.66. The van der Waals surface area contributed by atoms with E-state index in [4.69, 9.17) is 22.1 Å². The van der Waals surface area contributed by atoms with Gasteiger partial charge >= 0.3 is 0 Å². The zero-order valence-electron chi connectivity index (χ0n) is 9.47. The SMILES string of the molecule is N#CC(C#N)=Cc1ccc(N2CCC(Cl)=N2)cc1. The first kappa shape index (κ1) is 12.2. The van der Waals surface area contributed by atoms with Gasteiger partial charge in [-0.05, 0) is 23.8 Å². The molecule has 5 heteroatoms. The van der Waals surface area contributed by atoms with Crippen LogP contribution >= 0.6 is 11.6 Å².